The number of methoxy groups -OCH3 is 3. The van der Waals surface area contributed by atoms with Gasteiger partial charge >= 0.3 is 5.97 Å². The van der Waals surface area contributed by atoms with Gasteiger partial charge in [-0.3, -0.25) is 4.79 Å². The van der Waals surface area contributed by atoms with E-state index in [-0.39, 0.29) is 12.0 Å². The summed E-state index contributed by atoms with van der Waals surface area (Å²) in [7, 11) is 4.46. The zero-order chi connectivity index (χ0) is 12.2. The van der Waals surface area contributed by atoms with Gasteiger partial charge in [-0.05, 0) is 26.3 Å². The summed E-state index contributed by atoms with van der Waals surface area (Å²) in [6.45, 7) is 2.68. The van der Waals surface area contributed by atoms with Crippen LogP contribution in [-0.4, -0.2) is 45.7 Å². The molecule has 0 spiro atoms. The van der Waals surface area contributed by atoms with Gasteiger partial charge in [0.1, 0.15) is 5.92 Å². The fraction of sp³-hybridized carbons (Fsp3) is 0.909. The minimum Gasteiger partial charge on any atom is -0.469 e. The Balaban J connectivity index is 2.88. The van der Waals surface area contributed by atoms with Crippen molar-refractivity contribution in [1.82, 2.24) is 5.32 Å². The summed E-state index contributed by atoms with van der Waals surface area (Å²) in [6.07, 6.45) is 1.99. The molecule has 1 aliphatic rings. The van der Waals surface area contributed by atoms with Gasteiger partial charge in [-0.2, -0.15) is 0 Å². The van der Waals surface area contributed by atoms with E-state index in [2.05, 4.69) is 5.32 Å². The van der Waals surface area contributed by atoms with Crippen molar-refractivity contribution in [2.45, 2.75) is 31.6 Å². The Bertz CT molecular complexity index is 234. The Morgan fingerprint density at radius 3 is 2.38 bits per heavy atom. The van der Waals surface area contributed by atoms with E-state index in [0.717, 1.165) is 19.4 Å². The molecule has 1 aliphatic heterocycles. The fourth-order valence-corrected chi connectivity index (χ4v) is 2.20. The Morgan fingerprint density at radius 2 is 2.00 bits per heavy atom. The molecule has 1 N–H and O–H groups in total. The molecular weight excluding hydrogens is 210 g/mol. The number of esters is 1. The van der Waals surface area contributed by atoms with Crippen LogP contribution in [0.1, 0.15) is 19.8 Å². The maximum absolute atomic E-state index is 11.8. The van der Waals surface area contributed by atoms with Gasteiger partial charge in [0.05, 0.1) is 7.11 Å². The summed E-state index contributed by atoms with van der Waals surface area (Å²) < 4.78 is 15.5. The smallest absolute Gasteiger partial charge is 0.315 e. The predicted octanol–water partition coefficient (Wildman–Crippen LogP) is 0.537. The molecule has 0 aromatic heterocycles. The molecule has 0 saturated carbocycles. The molecule has 1 fully saturated rings. The third kappa shape index (κ3) is 2.53. The number of carbonyl (C=O) groups excluding carboxylic acids is 1. The number of rotatable bonds is 5. The number of nitrogens with one attached hydrogen (secondary N) is 1. The standard InChI is InChI=1S/C11H21NO4/c1-11(15-3,16-4)9(10(13)14-2)8-6-5-7-12-8/h8-9,12H,5-7H2,1-4H3. The zero-order valence-electron chi connectivity index (χ0n) is 10.4. The topological polar surface area (TPSA) is 56.8 Å². The lowest BCUT2D eigenvalue weighted by Gasteiger charge is -2.36. The zero-order valence-corrected chi connectivity index (χ0v) is 10.4. The normalized spacial score (nSPS) is 23.1. The van der Waals surface area contributed by atoms with Crippen LogP contribution in [0.2, 0.25) is 0 Å². The van der Waals surface area contributed by atoms with Gasteiger partial charge in [0, 0.05) is 20.3 Å². The van der Waals surface area contributed by atoms with E-state index in [1.54, 1.807) is 6.92 Å². The predicted molar refractivity (Wildman–Crippen MR) is 59.0 cm³/mol. The Kier molecular flexibility index (Phi) is 4.70. The summed E-state index contributed by atoms with van der Waals surface area (Å²) >= 11 is 0. The van der Waals surface area contributed by atoms with Gasteiger partial charge < -0.3 is 19.5 Å². The molecule has 1 rings (SSSR count). The maximum atomic E-state index is 11.8. The first kappa shape index (κ1) is 13.4. The molecule has 0 bridgehead atoms. The van der Waals surface area contributed by atoms with Crippen molar-refractivity contribution in [3.8, 4) is 0 Å². The first-order chi connectivity index (χ1) is 7.59. The Labute approximate surface area is 96.4 Å². The molecular formula is C11H21NO4. The van der Waals surface area contributed by atoms with Crippen molar-refractivity contribution >= 4 is 5.97 Å². The van der Waals surface area contributed by atoms with E-state index >= 15 is 0 Å². The molecule has 0 aromatic rings. The molecule has 5 heteroatoms. The van der Waals surface area contributed by atoms with Crippen LogP contribution in [0.25, 0.3) is 0 Å². The lowest BCUT2D eigenvalue weighted by Crippen LogP contribution is -2.52. The number of carbonyl (C=O) groups is 1. The highest BCUT2D eigenvalue weighted by Gasteiger charge is 2.46. The molecule has 0 amide bonds. The molecule has 2 atom stereocenters. The van der Waals surface area contributed by atoms with Crippen LogP contribution in [0.4, 0.5) is 0 Å². The average molecular weight is 231 g/mol. The summed E-state index contributed by atoms with van der Waals surface area (Å²) in [5.41, 5.74) is 0. The van der Waals surface area contributed by atoms with Gasteiger partial charge in [0.15, 0.2) is 5.79 Å². The number of ether oxygens (including phenoxy) is 3. The second kappa shape index (κ2) is 5.61. The number of hydrogen-bond acceptors (Lipinski definition) is 5. The molecule has 2 unspecified atom stereocenters. The quantitative estimate of drug-likeness (QED) is 0.553. The van der Waals surface area contributed by atoms with E-state index in [1.807, 2.05) is 0 Å². The lowest BCUT2D eigenvalue weighted by molar-refractivity contribution is -0.236. The van der Waals surface area contributed by atoms with Crippen LogP contribution in [0.15, 0.2) is 0 Å². The summed E-state index contributed by atoms with van der Waals surface area (Å²) in [4.78, 5) is 11.8. The molecule has 94 valence electrons. The maximum Gasteiger partial charge on any atom is 0.315 e. The SMILES string of the molecule is COC(=O)C(C1CCCN1)C(C)(OC)OC. The van der Waals surface area contributed by atoms with Crippen LogP contribution in [0.5, 0.6) is 0 Å². The minimum atomic E-state index is -0.949. The highest BCUT2D eigenvalue weighted by molar-refractivity contribution is 5.74. The van der Waals surface area contributed by atoms with Crippen molar-refractivity contribution in [3.63, 3.8) is 0 Å². The van der Waals surface area contributed by atoms with Crippen LogP contribution in [0, 0.1) is 5.92 Å². The third-order valence-corrected chi connectivity index (χ3v) is 3.33. The van der Waals surface area contributed by atoms with Crippen molar-refractivity contribution in [3.05, 3.63) is 0 Å². The third-order valence-electron chi connectivity index (χ3n) is 3.33. The molecule has 5 nitrogen and oxygen atoms in total. The van der Waals surface area contributed by atoms with Crippen LogP contribution < -0.4 is 5.32 Å². The summed E-state index contributed by atoms with van der Waals surface area (Å²) in [5.74, 6) is -1.70. The van der Waals surface area contributed by atoms with E-state index in [4.69, 9.17) is 14.2 Å². The first-order valence-corrected chi connectivity index (χ1v) is 5.50. The van der Waals surface area contributed by atoms with E-state index in [0.29, 0.717) is 0 Å². The monoisotopic (exact) mass is 231 g/mol. The van der Waals surface area contributed by atoms with E-state index in [9.17, 15) is 4.79 Å². The molecule has 16 heavy (non-hydrogen) atoms. The molecule has 1 saturated heterocycles. The molecule has 0 aromatic carbocycles. The van der Waals surface area contributed by atoms with Crippen LogP contribution >= 0.6 is 0 Å². The Hall–Kier alpha value is -0.650. The second-order valence-electron chi connectivity index (χ2n) is 4.13. The van der Waals surface area contributed by atoms with Crippen molar-refractivity contribution in [1.29, 1.82) is 0 Å². The van der Waals surface area contributed by atoms with Crippen LogP contribution in [0.3, 0.4) is 0 Å². The van der Waals surface area contributed by atoms with Crippen molar-refractivity contribution in [2.75, 3.05) is 27.9 Å². The Morgan fingerprint density at radius 1 is 1.38 bits per heavy atom. The highest BCUT2D eigenvalue weighted by Crippen LogP contribution is 2.30. The largest absolute Gasteiger partial charge is 0.469 e. The summed E-state index contributed by atoms with van der Waals surface area (Å²) in [6, 6.07) is 0.0531. The van der Waals surface area contributed by atoms with Gasteiger partial charge in [0.25, 0.3) is 0 Å². The van der Waals surface area contributed by atoms with Gasteiger partial charge in [-0.15, -0.1) is 0 Å². The van der Waals surface area contributed by atoms with E-state index < -0.39 is 11.7 Å². The van der Waals surface area contributed by atoms with Crippen molar-refractivity contribution in [2.24, 2.45) is 5.92 Å². The van der Waals surface area contributed by atoms with Gasteiger partial charge in [-0.1, -0.05) is 0 Å². The van der Waals surface area contributed by atoms with Gasteiger partial charge in [0.2, 0.25) is 0 Å². The fourth-order valence-electron chi connectivity index (χ4n) is 2.20. The summed E-state index contributed by atoms with van der Waals surface area (Å²) in [5, 5.41) is 3.29. The number of hydrogen-bond donors (Lipinski definition) is 1. The van der Waals surface area contributed by atoms with Crippen molar-refractivity contribution < 1.29 is 19.0 Å². The first-order valence-electron chi connectivity index (χ1n) is 5.50. The lowest BCUT2D eigenvalue weighted by atomic mass is 9.90. The van der Waals surface area contributed by atoms with Crippen LogP contribution in [-0.2, 0) is 19.0 Å². The average Bonchev–Trinajstić information content (AvgIpc) is 2.82. The highest BCUT2D eigenvalue weighted by atomic mass is 16.7. The van der Waals surface area contributed by atoms with E-state index in [1.165, 1.54) is 21.3 Å². The van der Waals surface area contributed by atoms with Gasteiger partial charge in [-0.25, -0.2) is 0 Å². The second-order valence-corrected chi connectivity index (χ2v) is 4.13. The minimum absolute atomic E-state index is 0.0531. The molecule has 0 aliphatic carbocycles. The molecule has 1 heterocycles. The molecule has 0 radical (unpaired) electrons.